The standard InChI is InChI=1S/C19H31NO/c1-14(2)16-6-5-12-19(20,13-11-16)17-7-9-18(10-8-17)21-15(3)4/h7-10,14-16H,5-6,11-13,20H2,1-4H3. The molecule has 1 aliphatic rings. The van der Waals surface area contributed by atoms with Gasteiger partial charge in [0.05, 0.1) is 6.10 Å². The van der Waals surface area contributed by atoms with Gasteiger partial charge in [-0.05, 0) is 62.6 Å². The average Bonchev–Trinajstić information content (AvgIpc) is 2.62. The second kappa shape index (κ2) is 6.83. The van der Waals surface area contributed by atoms with Gasteiger partial charge in [-0.1, -0.05) is 38.8 Å². The molecule has 1 aliphatic carbocycles. The molecule has 2 unspecified atom stereocenters. The first-order chi connectivity index (χ1) is 9.90. The lowest BCUT2D eigenvalue weighted by Gasteiger charge is -2.29. The summed E-state index contributed by atoms with van der Waals surface area (Å²) in [6.45, 7) is 8.78. The third-order valence-corrected chi connectivity index (χ3v) is 4.90. The minimum absolute atomic E-state index is 0.153. The summed E-state index contributed by atoms with van der Waals surface area (Å²) in [5.74, 6) is 2.54. The summed E-state index contributed by atoms with van der Waals surface area (Å²) in [7, 11) is 0. The van der Waals surface area contributed by atoms with Crippen LogP contribution in [0.3, 0.4) is 0 Å². The summed E-state index contributed by atoms with van der Waals surface area (Å²) in [4.78, 5) is 0. The zero-order valence-electron chi connectivity index (χ0n) is 14.1. The summed E-state index contributed by atoms with van der Waals surface area (Å²) < 4.78 is 5.72. The highest BCUT2D eigenvalue weighted by Gasteiger charge is 2.31. The van der Waals surface area contributed by atoms with Crippen molar-refractivity contribution in [3.8, 4) is 5.75 Å². The third-order valence-electron chi connectivity index (χ3n) is 4.90. The Kier molecular flexibility index (Phi) is 5.32. The maximum Gasteiger partial charge on any atom is 0.119 e. The van der Waals surface area contributed by atoms with Crippen molar-refractivity contribution in [2.24, 2.45) is 17.6 Å². The fourth-order valence-electron chi connectivity index (χ4n) is 3.48. The molecule has 2 nitrogen and oxygen atoms in total. The maximum absolute atomic E-state index is 6.75. The SMILES string of the molecule is CC(C)Oc1ccc(C2(N)CCCC(C(C)C)CC2)cc1. The van der Waals surface area contributed by atoms with Gasteiger partial charge in [0.25, 0.3) is 0 Å². The summed E-state index contributed by atoms with van der Waals surface area (Å²) in [6.07, 6.45) is 6.22. The van der Waals surface area contributed by atoms with E-state index in [0.717, 1.165) is 30.4 Å². The molecule has 2 heteroatoms. The van der Waals surface area contributed by atoms with E-state index in [-0.39, 0.29) is 11.6 Å². The van der Waals surface area contributed by atoms with Crippen LogP contribution in [0.5, 0.6) is 5.75 Å². The molecule has 0 aromatic heterocycles. The van der Waals surface area contributed by atoms with E-state index < -0.39 is 0 Å². The normalized spacial score (nSPS) is 26.9. The zero-order valence-corrected chi connectivity index (χ0v) is 14.1. The Hall–Kier alpha value is -1.02. The Balaban J connectivity index is 2.08. The van der Waals surface area contributed by atoms with Crippen LogP contribution in [0, 0.1) is 11.8 Å². The first kappa shape index (κ1) is 16.4. The molecule has 0 spiro atoms. The minimum atomic E-state index is -0.153. The van der Waals surface area contributed by atoms with E-state index in [2.05, 4.69) is 52.0 Å². The molecule has 2 atom stereocenters. The molecule has 0 amide bonds. The van der Waals surface area contributed by atoms with Gasteiger partial charge in [-0.3, -0.25) is 0 Å². The molecule has 1 fully saturated rings. The maximum atomic E-state index is 6.75. The lowest BCUT2D eigenvalue weighted by molar-refractivity contribution is 0.242. The Morgan fingerprint density at radius 3 is 2.29 bits per heavy atom. The number of benzene rings is 1. The van der Waals surface area contributed by atoms with Gasteiger partial charge >= 0.3 is 0 Å². The lowest BCUT2D eigenvalue weighted by atomic mass is 9.82. The van der Waals surface area contributed by atoms with E-state index in [0.29, 0.717) is 0 Å². The van der Waals surface area contributed by atoms with Crippen LogP contribution < -0.4 is 10.5 Å². The molecule has 1 aromatic rings. The first-order valence-electron chi connectivity index (χ1n) is 8.47. The Morgan fingerprint density at radius 2 is 1.71 bits per heavy atom. The van der Waals surface area contributed by atoms with Gasteiger partial charge in [0, 0.05) is 5.54 Å². The van der Waals surface area contributed by atoms with Gasteiger partial charge < -0.3 is 10.5 Å². The van der Waals surface area contributed by atoms with Gasteiger partial charge in [0.15, 0.2) is 0 Å². The molecular formula is C19H31NO. The van der Waals surface area contributed by atoms with E-state index in [1.165, 1.54) is 24.8 Å². The molecule has 0 bridgehead atoms. The molecule has 21 heavy (non-hydrogen) atoms. The van der Waals surface area contributed by atoms with Crippen LogP contribution in [0.2, 0.25) is 0 Å². The number of rotatable bonds is 4. The summed E-state index contributed by atoms with van der Waals surface area (Å²) in [6, 6.07) is 8.45. The Labute approximate surface area is 130 Å². The van der Waals surface area contributed by atoms with E-state index in [4.69, 9.17) is 10.5 Å². The van der Waals surface area contributed by atoms with Crippen molar-refractivity contribution in [3.05, 3.63) is 29.8 Å². The largest absolute Gasteiger partial charge is 0.491 e. The van der Waals surface area contributed by atoms with Crippen molar-refractivity contribution in [1.29, 1.82) is 0 Å². The molecule has 2 N–H and O–H groups in total. The van der Waals surface area contributed by atoms with Crippen LogP contribution in [0.4, 0.5) is 0 Å². The van der Waals surface area contributed by atoms with Crippen molar-refractivity contribution in [2.45, 2.75) is 71.4 Å². The smallest absolute Gasteiger partial charge is 0.119 e. The molecule has 1 saturated carbocycles. The van der Waals surface area contributed by atoms with Crippen LogP contribution in [-0.2, 0) is 5.54 Å². The van der Waals surface area contributed by atoms with Crippen molar-refractivity contribution in [2.75, 3.05) is 0 Å². The predicted octanol–water partition coefficient (Wildman–Crippen LogP) is 4.86. The van der Waals surface area contributed by atoms with Crippen LogP contribution in [0.15, 0.2) is 24.3 Å². The van der Waals surface area contributed by atoms with Gasteiger partial charge in [0.2, 0.25) is 0 Å². The monoisotopic (exact) mass is 289 g/mol. The minimum Gasteiger partial charge on any atom is -0.491 e. The zero-order chi connectivity index (χ0) is 15.5. The van der Waals surface area contributed by atoms with Crippen LogP contribution in [-0.4, -0.2) is 6.10 Å². The molecule has 0 radical (unpaired) electrons. The Bertz CT molecular complexity index is 437. The number of ether oxygens (including phenoxy) is 1. The van der Waals surface area contributed by atoms with Crippen molar-refractivity contribution in [1.82, 2.24) is 0 Å². The second-order valence-corrected chi connectivity index (χ2v) is 7.28. The summed E-state index contributed by atoms with van der Waals surface area (Å²) in [5, 5.41) is 0. The number of hydrogen-bond donors (Lipinski definition) is 1. The average molecular weight is 289 g/mol. The highest BCUT2D eigenvalue weighted by Crippen LogP contribution is 2.38. The number of nitrogens with two attached hydrogens (primary N) is 1. The molecule has 2 rings (SSSR count). The summed E-state index contributed by atoms with van der Waals surface area (Å²) >= 11 is 0. The van der Waals surface area contributed by atoms with Gasteiger partial charge in [-0.15, -0.1) is 0 Å². The molecule has 0 saturated heterocycles. The Morgan fingerprint density at radius 1 is 1.05 bits per heavy atom. The topological polar surface area (TPSA) is 35.2 Å². The second-order valence-electron chi connectivity index (χ2n) is 7.28. The van der Waals surface area contributed by atoms with E-state index in [9.17, 15) is 0 Å². The van der Waals surface area contributed by atoms with E-state index >= 15 is 0 Å². The van der Waals surface area contributed by atoms with Crippen molar-refractivity contribution in [3.63, 3.8) is 0 Å². The first-order valence-corrected chi connectivity index (χ1v) is 8.47. The third kappa shape index (κ3) is 4.23. The molecule has 118 valence electrons. The molecule has 1 aromatic carbocycles. The van der Waals surface area contributed by atoms with E-state index in [1.54, 1.807) is 0 Å². The highest BCUT2D eigenvalue weighted by atomic mass is 16.5. The quantitative estimate of drug-likeness (QED) is 0.803. The van der Waals surface area contributed by atoms with Gasteiger partial charge in [-0.25, -0.2) is 0 Å². The lowest BCUT2D eigenvalue weighted by Crippen LogP contribution is -2.36. The highest BCUT2D eigenvalue weighted by molar-refractivity contribution is 5.32. The van der Waals surface area contributed by atoms with Crippen LogP contribution in [0.25, 0.3) is 0 Å². The fraction of sp³-hybridized carbons (Fsp3) is 0.684. The predicted molar refractivity (Wildman–Crippen MR) is 89.5 cm³/mol. The van der Waals surface area contributed by atoms with Gasteiger partial charge in [-0.2, -0.15) is 0 Å². The van der Waals surface area contributed by atoms with Crippen LogP contribution >= 0.6 is 0 Å². The molecule has 0 heterocycles. The summed E-state index contributed by atoms with van der Waals surface area (Å²) in [5.41, 5.74) is 7.87. The van der Waals surface area contributed by atoms with Gasteiger partial charge in [0.1, 0.15) is 5.75 Å². The molecule has 0 aliphatic heterocycles. The molecular weight excluding hydrogens is 258 g/mol. The fourth-order valence-corrected chi connectivity index (χ4v) is 3.48. The van der Waals surface area contributed by atoms with Crippen molar-refractivity contribution < 1.29 is 4.74 Å². The van der Waals surface area contributed by atoms with Crippen LogP contribution in [0.1, 0.15) is 65.4 Å². The van der Waals surface area contributed by atoms with Crippen molar-refractivity contribution >= 4 is 0 Å². The number of hydrogen-bond acceptors (Lipinski definition) is 2. The van der Waals surface area contributed by atoms with E-state index in [1.807, 2.05) is 0 Å².